The van der Waals surface area contributed by atoms with Crippen LogP contribution in [-0.4, -0.2) is 44.8 Å². The molecule has 0 saturated carbocycles. The van der Waals surface area contributed by atoms with Gasteiger partial charge in [-0.3, -0.25) is 9.69 Å². The van der Waals surface area contributed by atoms with Crippen molar-refractivity contribution < 1.29 is 35.5 Å². The Morgan fingerprint density at radius 3 is 2.37 bits per heavy atom. The minimum atomic E-state index is -4.77. The van der Waals surface area contributed by atoms with Gasteiger partial charge in [-0.2, -0.15) is 22.0 Å². The van der Waals surface area contributed by atoms with Crippen LogP contribution < -0.4 is 4.90 Å². The van der Waals surface area contributed by atoms with Gasteiger partial charge in [-0.05, 0) is 47.9 Å². The SMILES string of the molecule is Cn1cnnc1C(F)(F)[C@](C)(F)c1cccc(N2Cc3c(cc(CN4CC(F)C4)cc3C(F)(F)F)C2=O)c1. The average molecular weight is 541 g/mol. The molecule has 2 aliphatic rings. The van der Waals surface area contributed by atoms with E-state index in [0.717, 1.165) is 34.0 Å². The molecule has 5 rings (SSSR count). The van der Waals surface area contributed by atoms with Crippen LogP contribution in [0.1, 0.15) is 45.4 Å². The Hall–Kier alpha value is -3.48. The summed E-state index contributed by atoms with van der Waals surface area (Å²) in [5, 5.41) is 6.70. The summed E-state index contributed by atoms with van der Waals surface area (Å²) in [5.41, 5.74) is -5.10. The van der Waals surface area contributed by atoms with Gasteiger partial charge in [0.25, 0.3) is 5.91 Å². The molecular weight excluding hydrogens is 519 g/mol. The maximum atomic E-state index is 15.7. The molecule has 0 spiro atoms. The number of halogens is 7. The number of likely N-dealkylation sites (tertiary alicyclic amines) is 1. The lowest BCUT2D eigenvalue weighted by Gasteiger charge is -2.34. The number of hydrogen-bond donors (Lipinski definition) is 0. The van der Waals surface area contributed by atoms with Crippen LogP contribution in [0, 0.1) is 0 Å². The summed E-state index contributed by atoms with van der Waals surface area (Å²) in [6.07, 6.45) is -4.82. The van der Waals surface area contributed by atoms with Gasteiger partial charge in [-0.15, -0.1) is 10.2 Å². The lowest BCUT2D eigenvalue weighted by molar-refractivity contribution is -0.149. The topological polar surface area (TPSA) is 54.3 Å². The van der Waals surface area contributed by atoms with E-state index in [2.05, 4.69) is 10.2 Å². The Kier molecular flexibility index (Phi) is 6.04. The van der Waals surface area contributed by atoms with Crippen molar-refractivity contribution in [1.29, 1.82) is 0 Å². The van der Waals surface area contributed by atoms with Gasteiger partial charge in [0, 0.05) is 37.9 Å². The maximum Gasteiger partial charge on any atom is 0.416 e. The Morgan fingerprint density at radius 1 is 1.05 bits per heavy atom. The van der Waals surface area contributed by atoms with Crippen molar-refractivity contribution in [2.45, 2.75) is 44.0 Å². The van der Waals surface area contributed by atoms with E-state index in [9.17, 15) is 22.4 Å². The second kappa shape index (κ2) is 8.79. The second-order valence-electron chi connectivity index (χ2n) is 9.74. The molecule has 0 N–H and O–H groups in total. The summed E-state index contributed by atoms with van der Waals surface area (Å²) in [6.45, 7) is 0.397. The highest BCUT2D eigenvalue weighted by atomic mass is 19.4. The van der Waals surface area contributed by atoms with Gasteiger partial charge in [0.15, 0.2) is 0 Å². The Morgan fingerprint density at radius 2 is 1.76 bits per heavy atom. The molecule has 0 bridgehead atoms. The number of fused-ring (bicyclic) bond motifs is 1. The first-order valence-electron chi connectivity index (χ1n) is 11.6. The molecule has 0 aliphatic carbocycles. The third kappa shape index (κ3) is 4.22. The first kappa shape index (κ1) is 26.1. The largest absolute Gasteiger partial charge is 0.416 e. The number of benzene rings is 2. The lowest BCUT2D eigenvalue weighted by atomic mass is 9.90. The monoisotopic (exact) mass is 541 g/mol. The zero-order chi connectivity index (χ0) is 27.6. The number of anilines is 1. The van der Waals surface area contributed by atoms with Crippen LogP contribution in [0.15, 0.2) is 42.7 Å². The quantitative estimate of drug-likeness (QED) is 0.407. The Bertz CT molecular complexity index is 1390. The number of hydrogen-bond acceptors (Lipinski definition) is 4. The fraction of sp³-hybridized carbons (Fsp3) is 0.400. The third-order valence-corrected chi connectivity index (χ3v) is 7.01. The number of aromatic nitrogens is 3. The molecule has 1 aromatic heterocycles. The van der Waals surface area contributed by atoms with Gasteiger partial charge >= 0.3 is 12.1 Å². The van der Waals surface area contributed by atoms with Gasteiger partial charge in [-0.25, -0.2) is 8.78 Å². The van der Waals surface area contributed by atoms with Crippen molar-refractivity contribution in [2.24, 2.45) is 7.05 Å². The van der Waals surface area contributed by atoms with Crippen molar-refractivity contribution in [1.82, 2.24) is 19.7 Å². The van der Waals surface area contributed by atoms with Crippen LogP contribution in [0.5, 0.6) is 0 Å². The molecule has 3 heterocycles. The van der Waals surface area contributed by atoms with Gasteiger partial charge < -0.3 is 9.47 Å². The molecule has 0 radical (unpaired) electrons. The molecule has 1 fully saturated rings. The van der Waals surface area contributed by atoms with E-state index in [1.807, 2.05) is 0 Å². The first-order chi connectivity index (χ1) is 17.7. The third-order valence-electron chi connectivity index (χ3n) is 7.01. The minimum absolute atomic E-state index is 0.0386. The fourth-order valence-corrected chi connectivity index (χ4v) is 4.84. The van der Waals surface area contributed by atoms with E-state index in [-0.39, 0.29) is 42.0 Å². The number of amides is 1. The van der Waals surface area contributed by atoms with Crippen LogP contribution >= 0.6 is 0 Å². The van der Waals surface area contributed by atoms with E-state index in [1.54, 1.807) is 4.90 Å². The first-order valence-corrected chi connectivity index (χ1v) is 11.6. The van der Waals surface area contributed by atoms with Gasteiger partial charge in [0.2, 0.25) is 11.5 Å². The summed E-state index contributed by atoms with van der Waals surface area (Å²) in [6, 6.07) is 6.98. The Labute approximate surface area is 212 Å². The molecule has 6 nitrogen and oxygen atoms in total. The maximum absolute atomic E-state index is 15.7. The normalized spacial score (nSPS) is 18.4. The number of carbonyl (C=O) groups is 1. The van der Waals surface area contributed by atoms with Crippen LogP contribution in [0.2, 0.25) is 0 Å². The zero-order valence-corrected chi connectivity index (χ0v) is 20.2. The van der Waals surface area contributed by atoms with E-state index >= 15 is 13.2 Å². The van der Waals surface area contributed by atoms with Crippen molar-refractivity contribution in [3.63, 3.8) is 0 Å². The summed E-state index contributed by atoms with van der Waals surface area (Å²) >= 11 is 0. The summed E-state index contributed by atoms with van der Waals surface area (Å²) in [5.74, 6) is -5.82. The van der Waals surface area contributed by atoms with Crippen LogP contribution in [0.25, 0.3) is 0 Å². The molecule has 1 amide bonds. The van der Waals surface area contributed by atoms with Gasteiger partial charge in [0.1, 0.15) is 12.5 Å². The standard InChI is InChI=1S/C25H22F7N5O/c1-23(27,24(28,29)22-34-33-13-35(22)2)15-4-3-5-17(8-15)37-12-19-18(21(37)38)6-14(7-20(19)25(30,31)32)9-36-10-16(26)11-36/h3-8,13,16H,9-12H2,1-2H3/t23-/m1/s1. The van der Waals surface area contributed by atoms with E-state index in [4.69, 9.17) is 0 Å². The number of alkyl halides is 7. The number of aryl methyl sites for hydroxylation is 1. The van der Waals surface area contributed by atoms with E-state index in [1.165, 1.54) is 25.2 Å². The molecular formula is C25H22F7N5O. The van der Waals surface area contributed by atoms with Gasteiger partial charge in [-0.1, -0.05) is 12.1 Å². The lowest BCUT2D eigenvalue weighted by Crippen LogP contribution is -2.47. The predicted octanol–water partition coefficient (Wildman–Crippen LogP) is 5.12. The Balaban J connectivity index is 1.49. The number of nitrogens with zero attached hydrogens (tertiary/aromatic N) is 5. The molecule has 0 unspecified atom stereocenters. The predicted molar refractivity (Wildman–Crippen MR) is 122 cm³/mol. The zero-order valence-electron chi connectivity index (χ0n) is 20.2. The van der Waals surface area contributed by atoms with E-state index < -0.39 is 53.3 Å². The van der Waals surface area contributed by atoms with Gasteiger partial charge in [0.05, 0.1) is 12.1 Å². The highest BCUT2D eigenvalue weighted by Crippen LogP contribution is 2.48. The van der Waals surface area contributed by atoms with E-state index in [0.29, 0.717) is 6.92 Å². The highest BCUT2D eigenvalue weighted by molar-refractivity contribution is 6.10. The summed E-state index contributed by atoms with van der Waals surface area (Å²) in [7, 11) is 1.24. The summed E-state index contributed by atoms with van der Waals surface area (Å²) in [4.78, 5) is 15.9. The molecule has 1 atom stereocenters. The molecule has 13 heteroatoms. The van der Waals surface area contributed by atoms with Crippen LogP contribution in [0.3, 0.4) is 0 Å². The summed E-state index contributed by atoms with van der Waals surface area (Å²) < 4.78 is 102. The number of carbonyl (C=O) groups excluding carboxylic acids is 1. The second-order valence-corrected chi connectivity index (χ2v) is 9.74. The minimum Gasteiger partial charge on any atom is -0.316 e. The average Bonchev–Trinajstić information content (AvgIpc) is 3.40. The molecule has 2 aromatic carbocycles. The molecule has 202 valence electrons. The van der Waals surface area contributed by atoms with Crippen molar-refractivity contribution in [2.75, 3.05) is 18.0 Å². The van der Waals surface area contributed by atoms with Crippen LogP contribution in [-0.2, 0) is 37.9 Å². The molecule has 38 heavy (non-hydrogen) atoms. The van der Waals surface area contributed by atoms with Crippen molar-refractivity contribution in [3.8, 4) is 0 Å². The fourth-order valence-electron chi connectivity index (χ4n) is 4.84. The van der Waals surface area contributed by atoms with Crippen molar-refractivity contribution in [3.05, 3.63) is 76.4 Å². The molecule has 2 aliphatic heterocycles. The smallest absolute Gasteiger partial charge is 0.316 e. The molecule has 1 saturated heterocycles. The van der Waals surface area contributed by atoms with Crippen molar-refractivity contribution >= 4 is 11.6 Å². The number of rotatable bonds is 6. The van der Waals surface area contributed by atoms with Crippen LogP contribution in [0.4, 0.5) is 36.4 Å². The highest BCUT2D eigenvalue weighted by Gasteiger charge is 2.57. The molecule has 3 aromatic rings.